The van der Waals surface area contributed by atoms with Crippen molar-refractivity contribution in [3.8, 4) is 28.4 Å². The fourth-order valence-electron chi connectivity index (χ4n) is 3.27. The van der Waals surface area contributed by atoms with Crippen molar-refractivity contribution in [2.75, 3.05) is 25.1 Å². The summed E-state index contributed by atoms with van der Waals surface area (Å²) in [4.78, 5) is 12.4. The lowest BCUT2D eigenvalue weighted by molar-refractivity contribution is -0.118. The molecule has 0 heterocycles. The van der Waals surface area contributed by atoms with Crippen molar-refractivity contribution in [2.45, 2.75) is 0 Å². The minimum atomic E-state index is -0.261. The minimum Gasteiger partial charge on any atom is -0.490 e. The number of benzene rings is 4. The largest absolute Gasteiger partial charge is 0.490 e. The van der Waals surface area contributed by atoms with Crippen LogP contribution in [0.25, 0.3) is 11.1 Å². The fourth-order valence-corrected chi connectivity index (χ4v) is 3.76. The van der Waals surface area contributed by atoms with Crippen molar-refractivity contribution in [2.24, 2.45) is 0 Å². The maximum atomic E-state index is 12.4. The molecule has 0 saturated carbocycles. The average molecular weight is 518 g/mol. The number of hydrogen-bond acceptors (Lipinski definition) is 4. The Balaban J connectivity index is 1.24. The highest BCUT2D eigenvalue weighted by Gasteiger charge is 2.09. The van der Waals surface area contributed by atoms with E-state index in [1.807, 2.05) is 91.0 Å². The highest BCUT2D eigenvalue weighted by Crippen LogP contribution is 2.30. The topological polar surface area (TPSA) is 56.8 Å². The predicted molar refractivity (Wildman–Crippen MR) is 138 cm³/mol. The average Bonchev–Trinajstić information content (AvgIpc) is 2.87. The summed E-state index contributed by atoms with van der Waals surface area (Å²) in [5.41, 5.74) is 2.81. The number of halogens is 1. The summed E-state index contributed by atoms with van der Waals surface area (Å²) in [6.45, 7) is 0.702. The standard InChI is InChI=1S/C28H24BrNO4/c29-26-18-22(21-8-3-1-4-9-21)14-15-27(26)34-20-28(31)30-23-10-7-13-25(19-23)33-17-16-32-24-11-5-2-6-12-24/h1-15,18-19H,16-17,20H2,(H,30,31). The zero-order valence-corrected chi connectivity index (χ0v) is 20.0. The van der Waals surface area contributed by atoms with E-state index in [0.29, 0.717) is 30.4 Å². The van der Waals surface area contributed by atoms with Gasteiger partial charge in [0.25, 0.3) is 5.91 Å². The first kappa shape index (κ1) is 23.4. The quantitative estimate of drug-likeness (QED) is 0.241. The molecule has 0 radical (unpaired) electrons. The van der Waals surface area contributed by atoms with Gasteiger partial charge >= 0.3 is 0 Å². The van der Waals surface area contributed by atoms with E-state index in [-0.39, 0.29) is 12.5 Å². The van der Waals surface area contributed by atoms with Gasteiger partial charge in [0, 0.05) is 11.8 Å². The molecule has 172 valence electrons. The molecule has 4 aromatic carbocycles. The monoisotopic (exact) mass is 517 g/mol. The second-order valence-corrected chi connectivity index (χ2v) is 8.24. The van der Waals surface area contributed by atoms with Gasteiger partial charge < -0.3 is 19.5 Å². The summed E-state index contributed by atoms with van der Waals surface area (Å²) in [6, 6.07) is 32.7. The molecule has 34 heavy (non-hydrogen) atoms. The first-order valence-corrected chi connectivity index (χ1v) is 11.6. The molecule has 0 aliphatic rings. The van der Waals surface area contributed by atoms with E-state index in [9.17, 15) is 4.79 Å². The van der Waals surface area contributed by atoms with Crippen LogP contribution in [0.3, 0.4) is 0 Å². The third-order valence-electron chi connectivity index (χ3n) is 4.88. The lowest BCUT2D eigenvalue weighted by atomic mass is 10.1. The van der Waals surface area contributed by atoms with E-state index in [1.54, 1.807) is 12.1 Å². The van der Waals surface area contributed by atoms with Crippen LogP contribution in [0, 0.1) is 0 Å². The molecule has 0 aromatic heterocycles. The molecule has 0 unspecified atom stereocenters. The number of carbonyl (C=O) groups is 1. The molecular weight excluding hydrogens is 494 g/mol. The summed E-state index contributed by atoms with van der Waals surface area (Å²) in [5.74, 6) is 1.79. The van der Waals surface area contributed by atoms with Crippen LogP contribution < -0.4 is 19.5 Å². The lowest BCUT2D eigenvalue weighted by Crippen LogP contribution is -2.20. The van der Waals surface area contributed by atoms with E-state index < -0.39 is 0 Å². The van der Waals surface area contributed by atoms with Crippen LogP contribution in [0.2, 0.25) is 0 Å². The molecule has 0 aliphatic carbocycles. The van der Waals surface area contributed by atoms with E-state index in [2.05, 4.69) is 21.2 Å². The molecule has 0 atom stereocenters. The molecule has 4 aromatic rings. The molecule has 5 nitrogen and oxygen atoms in total. The zero-order valence-electron chi connectivity index (χ0n) is 18.4. The summed E-state index contributed by atoms with van der Waals surface area (Å²) in [5, 5.41) is 2.84. The van der Waals surface area contributed by atoms with Gasteiger partial charge in [-0.1, -0.05) is 60.7 Å². The maximum Gasteiger partial charge on any atom is 0.262 e. The van der Waals surface area contributed by atoms with Gasteiger partial charge in [0.15, 0.2) is 6.61 Å². The molecule has 6 heteroatoms. The van der Waals surface area contributed by atoms with Crippen molar-refractivity contribution in [3.63, 3.8) is 0 Å². The number of nitrogens with one attached hydrogen (secondary N) is 1. The Kier molecular flexibility index (Phi) is 8.19. The number of ether oxygens (including phenoxy) is 3. The van der Waals surface area contributed by atoms with E-state index >= 15 is 0 Å². The number of para-hydroxylation sites is 1. The van der Waals surface area contributed by atoms with Gasteiger partial charge in [-0.15, -0.1) is 0 Å². The van der Waals surface area contributed by atoms with Crippen LogP contribution in [-0.2, 0) is 4.79 Å². The Hall–Kier alpha value is -3.77. The van der Waals surface area contributed by atoms with Gasteiger partial charge in [0.1, 0.15) is 30.5 Å². The molecular formula is C28H24BrNO4. The third-order valence-corrected chi connectivity index (χ3v) is 5.50. The van der Waals surface area contributed by atoms with Crippen LogP contribution >= 0.6 is 15.9 Å². The zero-order chi connectivity index (χ0) is 23.6. The Morgan fingerprint density at radius 1 is 0.676 bits per heavy atom. The van der Waals surface area contributed by atoms with Crippen molar-refractivity contribution >= 4 is 27.5 Å². The van der Waals surface area contributed by atoms with Crippen molar-refractivity contribution in [1.82, 2.24) is 0 Å². The summed E-state index contributed by atoms with van der Waals surface area (Å²) in [6.07, 6.45) is 0. The molecule has 0 spiro atoms. The Morgan fingerprint density at radius 2 is 1.35 bits per heavy atom. The van der Waals surface area contributed by atoms with Gasteiger partial charge in [-0.25, -0.2) is 0 Å². The summed E-state index contributed by atoms with van der Waals surface area (Å²) < 4.78 is 17.8. The van der Waals surface area contributed by atoms with Gasteiger partial charge in [0.05, 0.1) is 4.47 Å². The van der Waals surface area contributed by atoms with Crippen molar-refractivity contribution in [3.05, 3.63) is 108 Å². The number of anilines is 1. The van der Waals surface area contributed by atoms with E-state index in [4.69, 9.17) is 14.2 Å². The summed E-state index contributed by atoms with van der Waals surface area (Å²) in [7, 11) is 0. The van der Waals surface area contributed by atoms with Crippen LogP contribution in [0.4, 0.5) is 5.69 Å². The van der Waals surface area contributed by atoms with Crippen LogP contribution in [0.5, 0.6) is 17.2 Å². The normalized spacial score (nSPS) is 10.4. The Labute approximate surface area is 207 Å². The minimum absolute atomic E-state index is 0.112. The second kappa shape index (κ2) is 11.9. The van der Waals surface area contributed by atoms with E-state index in [1.165, 1.54) is 0 Å². The van der Waals surface area contributed by atoms with Crippen LogP contribution in [0.15, 0.2) is 108 Å². The molecule has 4 rings (SSSR count). The van der Waals surface area contributed by atoms with Crippen LogP contribution in [-0.4, -0.2) is 25.7 Å². The van der Waals surface area contributed by atoms with Gasteiger partial charge in [-0.2, -0.15) is 0 Å². The highest BCUT2D eigenvalue weighted by atomic mass is 79.9. The number of amides is 1. The molecule has 0 saturated heterocycles. The Morgan fingerprint density at radius 3 is 2.09 bits per heavy atom. The number of rotatable bonds is 10. The first-order chi connectivity index (χ1) is 16.7. The fraction of sp³-hybridized carbons (Fsp3) is 0.107. The third kappa shape index (κ3) is 6.86. The second-order valence-electron chi connectivity index (χ2n) is 7.39. The molecule has 1 amide bonds. The SMILES string of the molecule is O=C(COc1ccc(-c2ccccc2)cc1Br)Nc1cccc(OCCOc2ccccc2)c1. The van der Waals surface area contributed by atoms with Crippen LogP contribution in [0.1, 0.15) is 0 Å². The van der Waals surface area contributed by atoms with E-state index in [0.717, 1.165) is 21.3 Å². The first-order valence-electron chi connectivity index (χ1n) is 10.9. The Bertz CT molecular complexity index is 1220. The molecule has 1 N–H and O–H groups in total. The summed E-state index contributed by atoms with van der Waals surface area (Å²) >= 11 is 3.53. The number of hydrogen-bond donors (Lipinski definition) is 1. The molecule has 0 aliphatic heterocycles. The lowest BCUT2D eigenvalue weighted by Gasteiger charge is -2.12. The van der Waals surface area contributed by atoms with Gasteiger partial charge in [-0.05, 0) is 63.5 Å². The molecule has 0 fully saturated rings. The van der Waals surface area contributed by atoms with Gasteiger partial charge in [-0.3, -0.25) is 4.79 Å². The van der Waals surface area contributed by atoms with Gasteiger partial charge in [0.2, 0.25) is 0 Å². The smallest absolute Gasteiger partial charge is 0.262 e. The van der Waals surface area contributed by atoms with Crippen molar-refractivity contribution < 1.29 is 19.0 Å². The van der Waals surface area contributed by atoms with Crippen molar-refractivity contribution in [1.29, 1.82) is 0 Å². The maximum absolute atomic E-state index is 12.4. The number of carbonyl (C=O) groups excluding carboxylic acids is 1. The predicted octanol–water partition coefficient (Wildman–Crippen LogP) is 6.59. The molecule has 0 bridgehead atoms. The highest BCUT2D eigenvalue weighted by molar-refractivity contribution is 9.10.